The molecule has 0 heterocycles. The molecule has 0 spiro atoms. The third-order valence-corrected chi connectivity index (χ3v) is 14.2. The molecule has 4 rings (SSSR count). The quantitative estimate of drug-likeness (QED) is 0.163. The van der Waals surface area contributed by atoms with Gasteiger partial charge in [-0.15, -0.1) is 5.16 Å². The second-order valence-electron chi connectivity index (χ2n) is 18.7. The fraction of sp³-hybridized carbons (Fsp3) is 0.889. The van der Waals surface area contributed by atoms with E-state index in [9.17, 15) is 4.79 Å². The zero-order valence-corrected chi connectivity index (χ0v) is 33.8. The number of rotatable bonds is 11. The maximum Gasteiger partial charge on any atom is 0.295 e. The van der Waals surface area contributed by atoms with Crippen molar-refractivity contribution in [2.75, 3.05) is 0 Å². The summed E-state index contributed by atoms with van der Waals surface area (Å²) >= 11 is 0. The molecule has 0 aromatic heterocycles. The molecule has 0 aliphatic heterocycles. The van der Waals surface area contributed by atoms with Gasteiger partial charge in [-0.2, -0.15) is 0 Å². The van der Waals surface area contributed by atoms with E-state index in [1.54, 1.807) is 5.57 Å². The van der Waals surface area contributed by atoms with Gasteiger partial charge in [0.1, 0.15) is 0 Å². The molecule has 44 heavy (non-hydrogen) atoms. The summed E-state index contributed by atoms with van der Waals surface area (Å²) < 4.78 is 19.0. The van der Waals surface area contributed by atoms with Crippen LogP contribution in [0.15, 0.2) is 16.8 Å². The van der Waals surface area contributed by atoms with Crippen LogP contribution >= 0.6 is 0 Å². The van der Waals surface area contributed by atoms with E-state index in [1.807, 2.05) is 0 Å². The highest BCUT2D eigenvalue weighted by atomic mass is 28.4. The zero-order valence-electron chi connectivity index (χ0n) is 30.8. The van der Waals surface area contributed by atoms with Crippen molar-refractivity contribution in [2.24, 2.45) is 51.5 Å². The predicted octanol–water partition coefficient (Wildman–Crippen LogP) is 10.4. The summed E-state index contributed by atoms with van der Waals surface area (Å²) in [6.07, 6.45) is 14.7. The number of allylic oxidation sites excluding steroid dienone is 1. The van der Waals surface area contributed by atoms with Crippen molar-refractivity contribution < 1.29 is 18.2 Å². The van der Waals surface area contributed by atoms with Crippen molar-refractivity contribution in [1.29, 1.82) is 0 Å². The highest BCUT2D eigenvalue weighted by molar-refractivity contribution is 6.71. The average molecular weight is 662 g/mol. The van der Waals surface area contributed by atoms with E-state index >= 15 is 0 Å². The van der Waals surface area contributed by atoms with Crippen molar-refractivity contribution >= 4 is 36.6 Å². The molecule has 8 heteroatoms. The normalized spacial score (nSPS) is 36.5. The summed E-state index contributed by atoms with van der Waals surface area (Å²) in [5.41, 5.74) is 3.35. The van der Waals surface area contributed by atoms with Crippen LogP contribution in [-0.4, -0.2) is 42.7 Å². The second-order valence-corrected chi connectivity index (χ2v) is 32.0. The van der Waals surface area contributed by atoms with Crippen LogP contribution < -0.4 is 0 Å². The van der Waals surface area contributed by atoms with Crippen LogP contribution in [0.25, 0.3) is 0 Å². The summed E-state index contributed by atoms with van der Waals surface area (Å²) in [5.74, 6) is 3.54. The van der Waals surface area contributed by atoms with Gasteiger partial charge in [-0.25, -0.2) is 0 Å². The summed E-state index contributed by atoms with van der Waals surface area (Å²) in [7, 11) is -5.26. The van der Waals surface area contributed by atoms with E-state index < -0.39 is 25.0 Å². The molecule has 0 amide bonds. The van der Waals surface area contributed by atoms with Gasteiger partial charge in [-0.1, -0.05) is 46.1 Å². The van der Waals surface area contributed by atoms with Crippen LogP contribution in [0.2, 0.25) is 58.9 Å². The number of carbonyl (C=O) groups is 1. The molecule has 0 aromatic rings. The molecular formula is C36H67NO4Si3. The van der Waals surface area contributed by atoms with Gasteiger partial charge in [-0.05, 0) is 157 Å². The summed E-state index contributed by atoms with van der Waals surface area (Å²) in [6, 6.07) is 0. The van der Waals surface area contributed by atoms with Gasteiger partial charge in [0.05, 0.1) is 17.7 Å². The average Bonchev–Trinajstić information content (AvgIpc) is 3.22. The smallest absolute Gasteiger partial charge is 0.295 e. The topological polar surface area (TPSA) is 57.1 Å². The Morgan fingerprint density at radius 3 is 2.20 bits per heavy atom. The van der Waals surface area contributed by atoms with Crippen LogP contribution in [0.5, 0.6) is 0 Å². The van der Waals surface area contributed by atoms with E-state index in [0.717, 1.165) is 43.2 Å². The van der Waals surface area contributed by atoms with Crippen molar-refractivity contribution in [3.63, 3.8) is 0 Å². The maximum atomic E-state index is 12.6. The molecule has 252 valence electrons. The van der Waals surface area contributed by atoms with Gasteiger partial charge in [-0.3, -0.25) is 4.79 Å². The Hall–Kier alpha value is -0.709. The first-order chi connectivity index (χ1) is 20.1. The van der Waals surface area contributed by atoms with E-state index in [4.69, 9.17) is 13.4 Å². The minimum Gasteiger partial charge on any atom is -0.520 e. The highest BCUT2D eigenvalue weighted by Crippen LogP contribution is 2.68. The molecule has 0 saturated heterocycles. The van der Waals surface area contributed by atoms with E-state index in [-0.39, 0.29) is 17.3 Å². The Balaban J connectivity index is 1.51. The van der Waals surface area contributed by atoms with E-state index in [0.29, 0.717) is 29.3 Å². The first kappa shape index (κ1) is 36.1. The Labute approximate surface area is 274 Å². The minimum absolute atomic E-state index is 0.00383. The number of oxime groups is 1. The van der Waals surface area contributed by atoms with Crippen LogP contribution in [0.1, 0.15) is 91.9 Å². The monoisotopic (exact) mass is 661 g/mol. The third kappa shape index (κ3) is 8.22. The Kier molecular flexibility index (Phi) is 10.7. The SMILES string of the molecule is CC(CCCC(C)[C@H]1CCC2C3C(CC[C@@]21C)[C@@]1(C)CC/C(=N\O[Si](C)(C)C)C=C1C[C@H]3O[Si](C)(C)C)C(=O)O[Si](C)(C)C. The number of carbonyl (C=O) groups excluding carboxylic acids is 1. The molecule has 4 aliphatic rings. The maximum absolute atomic E-state index is 12.6. The fourth-order valence-electron chi connectivity index (χ4n) is 9.80. The molecule has 0 radical (unpaired) electrons. The minimum atomic E-state index is -1.83. The second kappa shape index (κ2) is 13.1. The van der Waals surface area contributed by atoms with Gasteiger partial charge < -0.3 is 13.4 Å². The van der Waals surface area contributed by atoms with Gasteiger partial charge in [0.25, 0.3) is 14.3 Å². The third-order valence-electron chi connectivity index (χ3n) is 11.8. The largest absolute Gasteiger partial charge is 0.520 e. The van der Waals surface area contributed by atoms with Crippen molar-refractivity contribution in [1.82, 2.24) is 0 Å². The first-order valence-corrected chi connectivity index (χ1v) is 28.2. The first-order valence-electron chi connectivity index (χ1n) is 18.0. The molecule has 0 N–H and O–H groups in total. The lowest BCUT2D eigenvalue weighted by molar-refractivity contribution is -0.139. The Bertz CT molecular complexity index is 1100. The van der Waals surface area contributed by atoms with Gasteiger partial charge in [0, 0.05) is 0 Å². The van der Waals surface area contributed by atoms with Crippen LogP contribution in [0, 0.1) is 46.3 Å². The molecule has 5 nitrogen and oxygen atoms in total. The Morgan fingerprint density at radius 2 is 1.59 bits per heavy atom. The highest BCUT2D eigenvalue weighted by Gasteiger charge is 2.62. The van der Waals surface area contributed by atoms with Crippen molar-refractivity contribution in [2.45, 2.75) is 157 Å². The molecule has 0 bridgehead atoms. The number of hydrogen-bond donors (Lipinski definition) is 0. The van der Waals surface area contributed by atoms with Crippen molar-refractivity contribution in [3.8, 4) is 0 Å². The molecule has 5 unspecified atom stereocenters. The predicted molar refractivity (Wildman–Crippen MR) is 192 cm³/mol. The molecule has 9 atom stereocenters. The summed E-state index contributed by atoms with van der Waals surface area (Å²) in [4.78, 5) is 12.6. The summed E-state index contributed by atoms with van der Waals surface area (Å²) in [6.45, 7) is 29.9. The van der Waals surface area contributed by atoms with Crippen molar-refractivity contribution in [3.05, 3.63) is 11.6 Å². The molecular weight excluding hydrogens is 595 g/mol. The number of nitrogens with zero attached hydrogens (tertiary/aromatic N) is 1. The summed E-state index contributed by atoms with van der Waals surface area (Å²) in [5, 5.41) is 4.68. The zero-order chi connectivity index (χ0) is 32.9. The van der Waals surface area contributed by atoms with Gasteiger partial charge in [0.15, 0.2) is 8.32 Å². The van der Waals surface area contributed by atoms with Crippen LogP contribution in [0.3, 0.4) is 0 Å². The molecule has 3 saturated carbocycles. The number of hydrogen-bond acceptors (Lipinski definition) is 5. The number of fused-ring (bicyclic) bond motifs is 5. The molecule has 0 aromatic carbocycles. The van der Waals surface area contributed by atoms with Crippen LogP contribution in [-0.2, 0) is 18.2 Å². The fourth-order valence-corrected chi connectivity index (χ4v) is 12.1. The van der Waals surface area contributed by atoms with E-state index in [2.05, 4.69) is 97.8 Å². The standard InChI is InChI=1S/C36H67NO4Si3/c1-25(15-14-16-26(2)34(38)40-43(8,9)10)29-17-18-30-33-31(20-22-36(29,30)4)35(3)21-19-28(37-41-44(11,12)13)23-27(35)24-32(33)39-42(5,6)7/h23,25-26,29-33H,14-22,24H2,1-13H3/b37-28+/t25?,26?,29-,30?,31?,32-,33?,35+,36-/m1/s1. The lowest BCUT2D eigenvalue weighted by Crippen LogP contribution is -2.57. The van der Waals surface area contributed by atoms with Crippen LogP contribution in [0.4, 0.5) is 0 Å². The van der Waals surface area contributed by atoms with Gasteiger partial charge in [0.2, 0.25) is 8.32 Å². The lowest BCUT2D eigenvalue weighted by atomic mass is 9.45. The molecule has 4 aliphatic carbocycles. The van der Waals surface area contributed by atoms with E-state index in [1.165, 1.54) is 38.5 Å². The lowest BCUT2D eigenvalue weighted by Gasteiger charge is -2.61. The Morgan fingerprint density at radius 1 is 0.909 bits per heavy atom. The van der Waals surface area contributed by atoms with Gasteiger partial charge >= 0.3 is 0 Å². The molecule has 3 fully saturated rings.